The van der Waals surface area contributed by atoms with Crippen LogP contribution in [0, 0.1) is 0 Å². The Morgan fingerprint density at radius 3 is 2.62 bits per heavy atom. The highest BCUT2D eigenvalue weighted by atomic mass is 16.7. The molecule has 6 heteroatoms. The lowest BCUT2D eigenvalue weighted by molar-refractivity contribution is -0.903. The Kier molecular flexibility index (Phi) is 5.13. The maximum atomic E-state index is 10.3. The van der Waals surface area contributed by atoms with Gasteiger partial charge < -0.3 is 29.1 Å². The van der Waals surface area contributed by atoms with Crippen LogP contribution in [-0.4, -0.2) is 57.3 Å². The van der Waals surface area contributed by atoms with Crippen LogP contribution in [0.3, 0.4) is 0 Å². The van der Waals surface area contributed by atoms with E-state index in [1.54, 1.807) is 6.07 Å². The number of nitrogens with zero attached hydrogens (tertiary/aromatic N) is 1. The summed E-state index contributed by atoms with van der Waals surface area (Å²) in [6, 6.07) is 16.0. The van der Waals surface area contributed by atoms with Crippen molar-refractivity contribution in [1.29, 1.82) is 0 Å². The molecule has 0 spiro atoms. The molecule has 0 bridgehead atoms. The van der Waals surface area contributed by atoms with Gasteiger partial charge in [0.05, 0.1) is 26.2 Å². The number of aliphatic hydroxyl groups excluding tert-OH is 1. The van der Waals surface area contributed by atoms with Crippen molar-refractivity contribution in [3.63, 3.8) is 0 Å². The maximum absolute atomic E-state index is 10.3. The lowest BCUT2D eigenvalue weighted by Crippen LogP contribution is -3.16. The molecule has 1 saturated heterocycles. The number of para-hydroxylation sites is 1. The minimum Gasteiger partial charge on any atom is -0.491 e. The number of aliphatic hydroxyl groups is 1. The van der Waals surface area contributed by atoms with Crippen molar-refractivity contribution in [2.75, 3.05) is 51.0 Å². The molecule has 1 fully saturated rings. The van der Waals surface area contributed by atoms with E-state index in [4.69, 9.17) is 14.2 Å². The van der Waals surface area contributed by atoms with Gasteiger partial charge in [-0.15, -0.1) is 0 Å². The lowest BCUT2D eigenvalue weighted by Gasteiger charge is -2.34. The lowest BCUT2D eigenvalue weighted by atomic mass is 10.2. The molecule has 0 aromatic heterocycles. The molecule has 0 unspecified atom stereocenters. The van der Waals surface area contributed by atoms with Gasteiger partial charge in [-0.25, -0.2) is 0 Å². The first-order valence-electron chi connectivity index (χ1n) is 9.12. The summed E-state index contributed by atoms with van der Waals surface area (Å²) in [6.07, 6.45) is -0.487. The van der Waals surface area contributed by atoms with E-state index in [0.717, 1.165) is 31.9 Å². The number of hydrogen-bond donors (Lipinski definition) is 2. The van der Waals surface area contributed by atoms with E-state index in [-0.39, 0.29) is 13.4 Å². The standard InChI is InChI=1S/C20H24N2O4/c23-17(14-24-18-6-7-19-20(12-18)26-15-25-19)13-21-8-10-22(11-9-21)16-4-2-1-3-5-16/h1-7,12,17,23H,8-11,13-15H2/p+1/t17-/m0/s1. The predicted octanol–water partition coefficient (Wildman–Crippen LogP) is 0.560. The molecule has 0 saturated carbocycles. The van der Waals surface area contributed by atoms with Gasteiger partial charge in [0, 0.05) is 11.8 Å². The minimum atomic E-state index is -0.487. The van der Waals surface area contributed by atoms with Crippen molar-refractivity contribution < 1.29 is 24.2 Å². The molecule has 138 valence electrons. The summed E-state index contributed by atoms with van der Waals surface area (Å²) in [5.41, 5.74) is 1.28. The Hall–Kier alpha value is -2.44. The fourth-order valence-corrected chi connectivity index (χ4v) is 3.48. The van der Waals surface area contributed by atoms with Gasteiger partial charge in [-0.2, -0.15) is 0 Å². The molecule has 2 aliphatic heterocycles. The number of ether oxygens (including phenoxy) is 3. The number of piperazine rings is 1. The predicted molar refractivity (Wildman–Crippen MR) is 98.3 cm³/mol. The Balaban J connectivity index is 1.21. The van der Waals surface area contributed by atoms with E-state index in [1.165, 1.54) is 10.6 Å². The third kappa shape index (κ3) is 4.03. The van der Waals surface area contributed by atoms with Gasteiger partial charge in [-0.05, 0) is 24.3 Å². The van der Waals surface area contributed by atoms with Gasteiger partial charge in [-0.3, -0.25) is 0 Å². The number of benzene rings is 2. The normalized spacial score (nSPS) is 18.0. The van der Waals surface area contributed by atoms with Gasteiger partial charge in [0.1, 0.15) is 25.0 Å². The van der Waals surface area contributed by atoms with Crippen LogP contribution in [-0.2, 0) is 0 Å². The van der Waals surface area contributed by atoms with Crippen molar-refractivity contribution in [2.45, 2.75) is 6.10 Å². The summed E-state index contributed by atoms with van der Waals surface area (Å²) in [5, 5.41) is 10.3. The van der Waals surface area contributed by atoms with E-state index < -0.39 is 6.10 Å². The van der Waals surface area contributed by atoms with E-state index in [0.29, 0.717) is 18.0 Å². The summed E-state index contributed by atoms with van der Waals surface area (Å²) in [4.78, 5) is 3.82. The zero-order chi connectivity index (χ0) is 17.8. The van der Waals surface area contributed by atoms with Gasteiger partial charge in [0.2, 0.25) is 6.79 Å². The summed E-state index contributed by atoms with van der Waals surface area (Å²) < 4.78 is 16.3. The van der Waals surface area contributed by atoms with E-state index in [1.807, 2.05) is 18.2 Å². The zero-order valence-corrected chi connectivity index (χ0v) is 14.8. The van der Waals surface area contributed by atoms with Crippen LogP contribution in [0.1, 0.15) is 0 Å². The Labute approximate surface area is 153 Å². The van der Waals surface area contributed by atoms with Gasteiger partial charge in [0.25, 0.3) is 0 Å². The molecule has 2 heterocycles. The van der Waals surface area contributed by atoms with Crippen molar-refractivity contribution >= 4 is 5.69 Å². The monoisotopic (exact) mass is 357 g/mol. The smallest absolute Gasteiger partial charge is 0.231 e. The average Bonchev–Trinajstić information content (AvgIpc) is 3.15. The number of quaternary nitrogens is 1. The topological polar surface area (TPSA) is 55.6 Å². The molecule has 2 aromatic carbocycles. The second-order valence-electron chi connectivity index (χ2n) is 6.76. The third-order valence-electron chi connectivity index (χ3n) is 4.90. The molecule has 0 amide bonds. The summed E-state index contributed by atoms with van der Waals surface area (Å²) in [5.74, 6) is 2.12. The fraction of sp³-hybridized carbons (Fsp3) is 0.400. The molecule has 2 aromatic rings. The molecule has 2 aliphatic rings. The molecular weight excluding hydrogens is 332 g/mol. The second-order valence-corrected chi connectivity index (χ2v) is 6.76. The molecule has 26 heavy (non-hydrogen) atoms. The van der Waals surface area contributed by atoms with Crippen molar-refractivity contribution in [3.8, 4) is 17.2 Å². The van der Waals surface area contributed by atoms with Crippen LogP contribution in [0.2, 0.25) is 0 Å². The van der Waals surface area contributed by atoms with Gasteiger partial charge in [0.15, 0.2) is 11.5 Å². The molecule has 0 radical (unpaired) electrons. The first-order chi connectivity index (χ1) is 12.8. The largest absolute Gasteiger partial charge is 0.491 e. The van der Waals surface area contributed by atoms with Crippen molar-refractivity contribution in [3.05, 3.63) is 48.5 Å². The Bertz CT molecular complexity index is 717. The summed E-state index contributed by atoms with van der Waals surface area (Å²) in [7, 11) is 0. The Morgan fingerprint density at radius 1 is 1.04 bits per heavy atom. The zero-order valence-electron chi connectivity index (χ0n) is 14.8. The maximum Gasteiger partial charge on any atom is 0.231 e. The van der Waals surface area contributed by atoms with Crippen molar-refractivity contribution in [1.82, 2.24) is 0 Å². The highest BCUT2D eigenvalue weighted by Gasteiger charge is 2.23. The number of rotatable bonds is 6. The van der Waals surface area contributed by atoms with Crippen LogP contribution in [0.15, 0.2) is 48.5 Å². The van der Waals surface area contributed by atoms with Crippen LogP contribution in [0.25, 0.3) is 0 Å². The summed E-state index contributed by atoms with van der Waals surface area (Å²) >= 11 is 0. The highest BCUT2D eigenvalue weighted by molar-refractivity contribution is 5.47. The highest BCUT2D eigenvalue weighted by Crippen LogP contribution is 2.35. The second kappa shape index (κ2) is 7.85. The SMILES string of the molecule is O[C@H](COc1ccc2c(c1)OCO2)C[NH+]1CCN(c2ccccc2)CC1. The van der Waals surface area contributed by atoms with Crippen LogP contribution in [0.5, 0.6) is 17.2 Å². The molecular formula is C20H25N2O4+. The molecule has 1 atom stereocenters. The Morgan fingerprint density at radius 2 is 1.81 bits per heavy atom. The molecule has 6 nitrogen and oxygen atoms in total. The first kappa shape index (κ1) is 17.0. The van der Waals surface area contributed by atoms with E-state index >= 15 is 0 Å². The number of fused-ring (bicyclic) bond motifs is 1. The van der Waals surface area contributed by atoms with Gasteiger partial charge in [-0.1, -0.05) is 18.2 Å². The third-order valence-corrected chi connectivity index (χ3v) is 4.90. The van der Waals surface area contributed by atoms with Crippen LogP contribution < -0.4 is 24.0 Å². The average molecular weight is 357 g/mol. The quantitative estimate of drug-likeness (QED) is 0.791. The molecule has 0 aliphatic carbocycles. The van der Waals surface area contributed by atoms with Crippen molar-refractivity contribution in [2.24, 2.45) is 0 Å². The molecule has 2 N–H and O–H groups in total. The van der Waals surface area contributed by atoms with E-state index in [9.17, 15) is 5.11 Å². The molecule has 4 rings (SSSR count). The first-order valence-corrected chi connectivity index (χ1v) is 9.12. The number of nitrogens with one attached hydrogen (secondary N) is 1. The van der Waals surface area contributed by atoms with E-state index in [2.05, 4.69) is 29.2 Å². The number of anilines is 1. The number of hydrogen-bond acceptors (Lipinski definition) is 5. The van der Waals surface area contributed by atoms with Gasteiger partial charge >= 0.3 is 0 Å². The summed E-state index contributed by atoms with van der Waals surface area (Å²) in [6.45, 7) is 5.30. The van der Waals surface area contributed by atoms with Crippen LogP contribution in [0.4, 0.5) is 5.69 Å². The fourth-order valence-electron chi connectivity index (χ4n) is 3.48. The van der Waals surface area contributed by atoms with Crippen LogP contribution >= 0.6 is 0 Å². The minimum absolute atomic E-state index is 0.250.